The molecule has 0 spiro atoms. The van der Waals surface area contributed by atoms with Crippen molar-refractivity contribution < 1.29 is 9.53 Å². The van der Waals surface area contributed by atoms with Crippen molar-refractivity contribution in [3.63, 3.8) is 0 Å². The van der Waals surface area contributed by atoms with E-state index in [0.29, 0.717) is 16.5 Å². The molecule has 4 aromatic rings. The summed E-state index contributed by atoms with van der Waals surface area (Å²) in [5.74, 6) is 0.289. The number of carbonyl (C=O) groups is 1. The number of rotatable bonds is 4. The molecule has 0 fully saturated rings. The van der Waals surface area contributed by atoms with Crippen molar-refractivity contribution in [2.45, 2.75) is 13.8 Å². The fourth-order valence-electron chi connectivity index (χ4n) is 2.46. The molecule has 0 aliphatic heterocycles. The molecule has 0 bridgehead atoms. The third kappa shape index (κ3) is 3.87. The Morgan fingerprint density at radius 2 is 2.04 bits per heavy atom. The average Bonchev–Trinajstić information content (AvgIpc) is 3.36. The minimum atomic E-state index is -0.668. The molecule has 3 aromatic heterocycles. The van der Waals surface area contributed by atoms with Gasteiger partial charge in [0.05, 0.1) is 18.1 Å². The second-order valence-corrected chi connectivity index (χ2v) is 7.43. The number of nitrogens with zero attached hydrogens (tertiary/aromatic N) is 5. The van der Waals surface area contributed by atoms with Crippen LogP contribution in [-0.2, 0) is 0 Å². The Balaban J connectivity index is 1.51. The summed E-state index contributed by atoms with van der Waals surface area (Å²) in [6.07, 6.45) is 4.22. The number of nitrogens with one attached hydrogen (secondary N) is 1. The van der Waals surface area contributed by atoms with Crippen LogP contribution < -0.4 is 10.1 Å². The van der Waals surface area contributed by atoms with Gasteiger partial charge in [-0.1, -0.05) is 16.6 Å². The Labute approximate surface area is 168 Å². The van der Waals surface area contributed by atoms with Crippen molar-refractivity contribution in [3.05, 3.63) is 53.4 Å². The van der Waals surface area contributed by atoms with Gasteiger partial charge in [0.2, 0.25) is 5.06 Å². The van der Waals surface area contributed by atoms with Gasteiger partial charge in [-0.3, -0.25) is 10.3 Å². The molecule has 0 saturated heterocycles. The summed E-state index contributed by atoms with van der Waals surface area (Å²) in [5.41, 5.74) is 4.31. The Kier molecular flexibility index (Phi) is 5.04. The summed E-state index contributed by atoms with van der Waals surface area (Å²) in [7, 11) is 0. The van der Waals surface area contributed by atoms with Crippen molar-refractivity contribution in [3.8, 4) is 26.9 Å². The van der Waals surface area contributed by atoms with Crippen LogP contribution in [-0.4, -0.2) is 30.6 Å². The van der Waals surface area contributed by atoms with Crippen LogP contribution in [0.5, 0.6) is 5.06 Å². The number of amides is 1. The van der Waals surface area contributed by atoms with Crippen LogP contribution in [0.2, 0.25) is 0 Å². The zero-order chi connectivity index (χ0) is 19.5. The summed E-state index contributed by atoms with van der Waals surface area (Å²) in [6.45, 7) is 3.72. The zero-order valence-corrected chi connectivity index (χ0v) is 16.5. The summed E-state index contributed by atoms with van der Waals surface area (Å²) in [5, 5.41) is 9.56. The second kappa shape index (κ2) is 7.79. The normalized spacial score (nSPS) is 10.6. The maximum Gasteiger partial charge on any atom is 0.419 e. The summed E-state index contributed by atoms with van der Waals surface area (Å²) < 4.78 is 8.87. The number of hydrogen-bond acceptors (Lipinski definition) is 9. The van der Waals surface area contributed by atoms with Crippen molar-refractivity contribution in [1.29, 1.82) is 0 Å². The minimum absolute atomic E-state index is 0.289. The highest BCUT2D eigenvalue weighted by Gasteiger charge is 2.13. The van der Waals surface area contributed by atoms with E-state index in [-0.39, 0.29) is 5.82 Å². The summed E-state index contributed by atoms with van der Waals surface area (Å²) >= 11 is 2.59. The van der Waals surface area contributed by atoms with Gasteiger partial charge < -0.3 is 4.74 Å². The van der Waals surface area contributed by atoms with Crippen molar-refractivity contribution in [2.75, 3.05) is 5.32 Å². The Bertz CT molecular complexity index is 1110. The molecule has 0 aliphatic rings. The smallest absolute Gasteiger partial charge is 0.395 e. The third-order valence-corrected chi connectivity index (χ3v) is 5.40. The summed E-state index contributed by atoms with van der Waals surface area (Å²) in [4.78, 5) is 25.0. The number of anilines is 1. The molecule has 8 nitrogen and oxygen atoms in total. The topological polar surface area (TPSA) is 103 Å². The highest BCUT2D eigenvalue weighted by molar-refractivity contribution is 7.13. The van der Waals surface area contributed by atoms with Crippen LogP contribution in [0.25, 0.3) is 21.8 Å². The number of thiazole rings is 1. The first-order valence-electron chi connectivity index (χ1n) is 8.21. The predicted molar refractivity (Wildman–Crippen MR) is 108 cm³/mol. The minimum Gasteiger partial charge on any atom is -0.395 e. The van der Waals surface area contributed by atoms with Crippen molar-refractivity contribution in [2.24, 2.45) is 0 Å². The van der Waals surface area contributed by atoms with E-state index in [1.807, 2.05) is 30.5 Å². The average molecular weight is 410 g/mol. The molecule has 1 amide bonds. The number of ether oxygens (including phenoxy) is 1. The van der Waals surface area contributed by atoms with Gasteiger partial charge in [-0.25, -0.2) is 14.8 Å². The maximum atomic E-state index is 12.0. The quantitative estimate of drug-likeness (QED) is 0.533. The molecular weight excluding hydrogens is 396 g/mol. The number of hydrogen-bond donors (Lipinski definition) is 1. The second-order valence-electron chi connectivity index (χ2n) is 5.81. The van der Waals surface area contributed by atoms with Crippen LogP contribution in [0.1, 0.15) is 11.3 Å². The van der Waals surface area contributed by atoms with E-state index in [0.717, 1.165) is 33.2 Å². The molecule has 0 unspecified atom stereocenters. The van der Waals surface area contributed by atoms with E-state index in [1.54, 1.807) is 30.7 Å². The lowest BCUT2D eigenvalue weighted by Crippen LogP contribution is -2.17. The molecule has 1 N–H and O–H groups in total. The van der Waals surface area contributed by atoms with Gasteiger partial charge in [0, 0.05) is 34.2 Å². The lowest BCUT2D eigenvalue weighted by molar-refractivity contribution is 0.216. The van der Waals surface area contributed by atoms with Gasteiger partial charge in [0.1, 0.15) is 10.7 Å². The zero-order valence-electron chi connectivity index (χ0n) is 14.9. The summed E-state index contributed by atoms with van der Waals surface area (Å²) in [6, 6.07) is 6.11. The Morgan fingerprint density at radius 1 is 1.14 bits per heavy atom. The molecular formula is C18H14N6O2S2. The first-order valence-corrected chi connectivity index (χ1v) is 9.86. The Hall–Kier alpha value is -3.24. The third-order valence-electron chi connectivity index (χ3n) is 3.87. The van der Waals surface area contributed by atoms with Gasteiger partial charge in [-0.15, -0.1) is 16.4 Å². The number of carbonyl (C=O) groups excluding carboxylic acids is 1. The molecule has 4 rings (SSSR count). The van der Waals surface area contributed by atoms with Crippen LogP contribution in [0.15, 0.2) is 42.2 Å². The highest BCUT2D eigenvalue weighted by atomic mass is 32.1. The SMILES string of the molecule is Cc1ccc(-c2nccs2)cc1-c1cnc(NC(=O)Oc2snnc2C)cn1. The van der Waals surface area contributed by atoms with Gasteiger partial charge in [0.25, 0.3) is 0 Å². The maximum absolute atomic E-state index is 12.0. The van der Waals surface area contributed by atoms with Crippen LogP contribution in [0.4, 0.5) is 10.6 Å². The van der Waals surface area contributed by atoms with E-state index < -0.39 is 6.09 Å². The molecule has 3 heterocycles. The van der Waals surface area contributed by atoms with E-state index in [9.17, 15) is 4.79 Å². The fourth-order valence-corrected chi connectivity index (χ4v) is 3.62. The molecule has 10 heteroatoms. The van der Waals surface area contributed by atoms with E-state index in [2.05, 4.69) is 29.9 Å². The number of aromatic nitrogens is 5. The van der Waals surface area contributed by atoms with Gasteiger partial charge in [0.15, 0.2) is 5.82 Å². The predicted octanol–water partition coefficient (Wildman–Crippen LogP) is 4.35. The van der Waals surface area contributed by atoms with Gasteiger partial charge >= 0.3 is 6.09 Å². The van der Waals surface area contributed by atoms with Crippen LogP contribution in [0, 0.1) is 13.8 Å². The molecule has 0 radical (unpaired) electrons. The lowest BCUT2D eigenvalue weighted by atomic mass is 10.0. The first-order chi connectivity index (χ1) is 13.6. The number of benzene rings is 1. The van der Waals surface area contributed by atoms with Crippen LogP contribution >= 0.6 is 22.9 Å². The molecule has 0 aliphatic carbocycles. The molecule has 140 valence electrons. The van der Waals surface area contributed by atoms with E-state index in [1.165, 1.54) is 6.20 Å². The molecule has 0 saturated carbocycles. The van der Waals surface area contributed by atoms with E-state index >= 15 is 0 Å². The van der Waals surface area contributed by atoms with Crippen molar-refractivity contribution >= 4 is 34.8 Å². The Morgan fingerprint density at radius 3 is 2.71 bits per heavy atom. The van der Waals surface area contributed by atoms with Gasteiger partial charge in [-0.05, 0) is 25.5 Å². The number of aryl methyl sites for hydroxylation is 2. The van der Waals surface area contributed by atoms with Crippen LogP contribution in [0.3, 0.4) is 0 Å². The van der Waals surface area contributed by atoms with Gasteiger partial charge in [-0.2, -0.15) is 0 Å². The monoisotopic (exact) mass is 410 g/mol. The van der Waals surface area contributed by atoms with E-state index in [4.69, 9.17) is 4.74 Å². The molecule has 0 atom stereocenters. The largest absolute Gasteiger partial charge is 0.419 e. The first kappa shape index (κ1) is 18.1. The molecule has 28 heavy (non-hydrogen) atoms. The lowest BCUT2D eigenvalue weighted by Gasteiger charge is -2.08. The van der Waals surface area contributed by atoms with Crippen molar-refractivity contribution in [1.82, 2.24) is 24.5 Å². The molecule has 1 aromatic carbocycles. The standard InChI is InChI=1S/C18H14N6O2S2/c1-10-3-4-12(16-19-5-6-27-16)7-13(10)14-8-21-15(9-20-14)22-18(25)26-17-11(2)23-24-28-17/h3-9H,1-2H3,(H,21,22,25). The fraction of sp³-hybridized carbons (Fsp3) is 0.111. The highest BCUT2D eigenvalue weighted by Crippen LogP contribution is 2.29.